The second kappa shape index (κ2) is 7.14. The molecule has 0 aromatic heterocycles. The highest BCUT2D eigenvalue weighted by Crippen LogP contribution is 2.30. The second-order valence-electron chi connectivity index (χ2n) is 5.91. The Morgan fingerprint density at radius 2 is 2.10 bits per heavy atom. The van der Waals surface area contributed by atoms with Gasteiger partial charge in [0.25, 0.3) is 0 Å². The molecule has 0 bridgehead atoms. The Balaban J connectivity index is 1.59. The molecule has 0 amide bonds. The van der Waals surface area contributed by atoms with Crippen LogP contribution in [0.1, 0.15) is 31.7 Å². The summed E-state index contributed by atoms with van der Waals surface area (Å²) in [5.74, 6) is 2.21. The van der Waals surface area contributed by atoms with E-state index in [-0.39, 0.29) is 0 Å². The molecule has 2 aliphatic rings. The van der Waals surface area contributed by atoms with E-state index >= 15 is 0 Å². The minimum absolute atomic E-state index is 0.510. The minimum atomic E-state index is 0.510. The molecule has 1 saturated heterocycles. The summed E-state index contributed by atoms with van der Waals surface area (Å²) in [6.07, 6.45) is 3.71. The molecule has 0 spiro atoms. The average Bonchev–Trinajstić information content (AvgIpc) is 3.18. The number of hydrogen-bond acceptors (Lipinski definition) is 4. The zero-order valence-corrected chi connectivity index (χ0v) is 12.8. The van der Waals surface area contributed by atoms with Gasteiger partial charge >= 0.3 is 0 Å². The largest absolute Gasteiger partial charge is 0.490 e. The second-order valence-corrected chi connectivity index (χ2v) is 5.91. The summed E-state index contributed by atoms with van der Waals surface area (Å²) in [4.78, 5) is 0. The first-order valence-electron chi connectivity index (χ1n) is 8.05. The van der Waals surface area contributed by atoms with Crippen molar-refractivity contribution < 1.29 is 14.2 Å². The molecule has 1 saturated carbocycles. The Labute approximate surface area is 126 Å². The smallest absolute Gasteiger partial charge is 0.161 e. The molecule has 1 aliphatic heterocycles. The molecular formula is C17H25NO3. The van der Waals surface area contributed by atoms with Crippen LogP contribution < -0.4 is 14.8 Å². The summed E-state index contributed by atoms with van der Waals surface area (Å²) >= 11 is 0. The van der Waals surface area contributed by atoms with Gasteiger partial charge in [-0.1, -0.05) is 6.07 Å². The SMILES string of the molecule is CCOc1cc(CNC2CC2)ccc1OCC1CCOC1. The van der Waals surface area contributed by atoms with Crippen LogP contribution in [0.25, 0.3) is 0 Å². The van der Waals surface area contributed by atoms with Crippen LogP contribution in [-0.2, 0) is 11.3 Å². The fraction of sp³-hybridized carbons (Fsp3) is 0.647. The molecule has 1 heterocycles. The lowest BCUT2D eigenvalue weighted by Crippen LogP contribution is -2.15. The maximum absolute atomic E-state index is 5.94. The average molecular weight is 291 g/mol. The molecule has 4 heteroatoms. The fourth-order valence-electron chi connectivity index (χ4n) is 2.52. The number of hydrogen-bond donors (Lipinski definition) is 1. The third-order valence-electron chi connectivity index (χ3n) is 3.98. The van der Waals surface area contributed by atoms with Gasteiger partial charge in [0.2, 0.25) is 0 Å². The summed E-state index contributed by atoms with van der Waals surface area (Å²) in [5.41, 5.74) is 1.25. The monoisotopic (exact) mass is 291 g/mol. The first-order valence-corrected chi connectivity index (χ1v) is 8.05. The molecule has 1 unspecified atom stereocenters. The van der Waals surface area contributed by atoms with Crippen LogP contribution >= 0.6 is 0 Å². The van der Waals surface area contributed by atoms with Gasteiger partial charge < -0.3 is 19.5 Å². The molecule has 1 aromatic rings. The molecule has 4 nitrogen and oxygen atoms in total. The van der Waals surface area contributed by atoms with E-state index in [4.69, 9.17) is 14.2 Å². The zero-order valence-electron chi connectivity index (χ0n) is 12.8. The number of nitrogens with one attached hydrogen (secondary N) is 1. The fourth-order valence-corrected chi connectivity index (χ4v) is 2.52. The van der Waals surface area contributed by atoms with E-state index < -0.39 is 0 Å². The van der Waals surface area contributed by atoms with E-state index in [2.05, 4.69) is 17.4 Å². The van der Waals surface area contributed by atoms with Gasteiger partial charge in [0, 0.05) is 25.1 Å². The summed E-state index contributed by atoms with van der Waals surface area (Å²) in [5, 5.41) is 3.53. The van der Waals surface area contributed by atoms with E-state index in [1.54, 1.807) is 0 Å². The topological polar surface area (TPSA) is 39.7 Å². The number of ether oxygens (including phenoxy) is 3. The van der Waals surface area contributed by atoms with Crippen molar-refractivity contribution in [2.24, 2.45) is 5.92 Å². The van der Waals surface area contributed by atoms with Crippen molar-refractivity contribution in [2.75, 3.05) is 26.4 Å². The van der Waals surface area contributed by atoms with E-state index in [9.17, 15) is 0 Å². The first-order chi connectivity index (χ1) is 10.3. The summed E-state index contributed by atoms with van der Waals surface area (Å²) in [6, 6.07) is 6.97. The van der Waals surface area contributed by atoms with Gasteiger partial charge in [0.15, 0.2) is 11.5 Å². The summed E-state index contributed by atoms with van der Waals surface area (Å²) in [6.45, 7) is 5.94. The highest BCUT2D eigenvalue weighted by Gasteiger charge is 2.20. The Bertz CT molecular complexity index is 453. The van der Waals surface area contributed by atoms with Gasteiger partial charge in [-0.2, -0.15) is 0 Å². The molecule has 1 aromatic carbocycles. The van der Waals surface area contributed by atoms with Gasteiger partial charge in [0.1, 0.15) is 0 Å². The number of benzene rings is 1. The Morgan fingerprint density at radius 1 is 1.19 bits per heavy atom. The van der Waals surface area contributed by atoms with Crippen molar-refractivity contribution in [3.05, 3.63) is 23.8 Å². The molecule has 21 heavy (non-hydrogen) atoms. The van der Waals surface area contributed by atoms with Gasteiger partial charge in [0.05, 0.1) is 19.8 Å². The van der Waals surface area contributed by atoms with Crippen LogP contribution in [0.3, 0.4) is 0 Å². The standard InChI is InChI=1S/C17H25NO3/c1-2-20-17-9-13(10-18-15-4-5-15)3-6-16(17)21-12-14-7-8-19-11-14/h3,6,9,14-15,18H,2,4-5,7-8,10-12H2,1H3. The molecular weight excluding hydrogens is 266 g/mol. The van der Waals surface area contributed by atoms with Crippen molar-refractivity contribution in [3.8, 4) is 11.5 Å². The highest BCUT2D eigenvalue weighted by molar-refractivity contribution is 5.43. The van der Waals surface area contributed by atoms with Gasteiger partial charge in [-0.25, -0.2) is 0 Å². The van der Waals surface area contributed by atoms with E-state index in [1.165, 1.54) is 18.4 Å². The van der Waals surface area contributed by atoms with Crippen LogP contribution in [0.4, 0.5) is 0 Å². The van der Waals surface area contributed by atoms with Crippen molar-refractivity contribution in [1.29, 1.82) is 0 Å². The van der Waals surface area contributed by atoms with Gasteiger partial charge in [-0.15, -0.1) is 0 Å². The van der Waals surface area contributed by atoms with Crippen molar-refractivity contribution in [3.63, 3.8) is 0 Å². The molecule has 116 valence electrons. The van der Waals surface area contributed by atoms with E-state index in [0.717, 1.165) is 43.7 Å². The van der Waals surface area contributed by atoms with E-state index in [0.29, 0.717) is 19.1 Å². The number of rotatable bonds is 8. The van der Waals surface area contributed by atoms with Crippen molar-refractivity contribution in [1.82, 2.24) is 5.32 Å². The highest BCUT2D eigenvalue weighted by atomic mass is 16.5. The minimum Gasteiger partial charge on any atom is -0.490 e. The lowest BCUT2D eigenvalue weighted by Gasteiger charge is -2.15. The molecule has 2 fully saturated rings. The third kappa shape index (κ3) is 4.35. The molecule has 1 atom stereocenters. The van der Waals surface area contributed by atoms with Gasteiger partial charge in [-0.3, -0.25) is 0 Å². The van der Waals surface area contributed by atoms with Crippen molar-refractivity contribution >= 4 is 0 Å². The first kappa shape index (κ1) is 14.7. The molecule has 3 rings (SSSR count). The normalized spacial score (nSPS) is 21.5. The Morgan fingerprint density at radius 3 is 2.81 bits per heavy atom. The maximum atomic E-state index is 5.94. The summed E-state index contributed by atoms with van der Waals surface area (Å²) < 4.78 is 17.1. The third-order valence-corrected chi connectivity index (χ3v) is 3.98. The summed E-state index contributed by atoms with van der Waals surface area (Å²) in [7, 11) is 0. The van der Waals surface area contributed by atoms with Crippen LogP contribution in [0.2, 0.25) is 0 Å². The Kier molecular flexibility index (Phi) is 4.99. The predicted molar refractivity (Wildman–Crippen MR) is 81.9 cm³/mol. The Hall–Kier alpha value is -1.26. The molecule has 1 aliphatic carbocycles. The quantitative estimate of drug-likeness (QED) is 0.799. The zero-order chi connectivity index (χ0) is 14.5. The van der Waals surface area contributed by atoms with Crippen LogP contribution in [-0.4, -0.2) is 32.5 Å². The van der Waals surface area contributed by atoms with Crippen LogP contribution in [0.15, 0.2) is 18.2 Å². The lowest BCUT2D eigenvalue weighted by molar-refractivity contribution is 0.165. The maximum Gasteiger partial charge on any atom is 0.161 e. The van der Waals surface area contributed by atoms with Gasteiger partial charge in [-0.05, 0) is 43.9 Å². The molecule has 1 N–H and O–H groups in total. The van der Waals surface area contributed by atoms with E-state index in [1.807, 2.05) is 13.0 Å². The van der Waals surface area contributed by atoms with Crippen LogP contribution in [0.5, 0.6) is 11.5 Å². The predicted octanol–water partition coefficient (Wildman–Crippen LogP) is 2.75. The van der Waals surface area contributed by atoms with Crippen molar-refractivity contribution in [2.45, 2.75) is 38.8 Å². The van der Waals surface area contributed by atoms with Crippen LogP contribution in [0, 0.1) is 5.92 Å². The lowest BCUT2D eigenvalue weighted by atomic mass is 10.1. The molecule has 0 radical (unpaired) electrons.